The predicted molar refractivity (Wildman–Crippen MR) is 95.2 cm³/mol. The van der Waals surface area contributed by atoms with E-state index in [1.54, 1.807) is 30.3 Å². The molecule has 1 amide bonds. The Morgan fingerprint density at radius 1 is 1.25 bits per heavy atom. The van der Waals surface area contributed by atoms with Gasteiger partial charge < -0.3 is 9.47 Å². The van der Waals surface area contributed by atoms with E-state index >= 15 is 0 Å². The number of ether oxygens (including phenoxy) is 2. The monoisotopic (exact) mass is 366 g/mol. The van der Waals surface area contributed by atoms with Crippen molar-refractivity contribution >= 4 is 35.2 Å². The zero-order chi connectivity index (χ0) is 17.5. The van der Waals surface area contributed by atoms with E-state index in [-0.39, 0.29) is 0 Å². The Kier molecular flexibility index (Phi) is 6.49. The molecule has 0 spiro atoms. The summed E-state index contributed by atoms with van der Waals surface area (Å²) in [5, 5.41) is 1.03. The average Bonchev–Trinajstić information content (AvgIpc) is 2.59. The zero-order valence-electron chi connectivity index (χ0n) is 12.9. The molecule has 0 unspecified atom stereocenters. The summed E-state index contributed by atoms with van der Waals surface area (Å²) in [7, 11) is 1.51. The fraction of sp³-hybridized carbons (Fsp3) is 0.118. The molecule has 2 aromatic rings. The van der Waals surface area contributed by atoms with Crippen LogP contribution in [0.4, 0.5) is 0 Å². The third-order valence-electron chi connectivity index (χ3n) is 3.12. The van der Waals surface area contributed by atoms with Gasteiger partial charge >= 0.3 is 0 Å². The summed E-state index contributed by atoms with van der Waals surface area (Å²) in [6.07, 6.45) is 2.86. The molecule has 0 atom stereocenters. The Labute approximate surface area is 149 Å². The Morgan fingerprint density at radius 3 is 2.58 bits per heavy atom. The van der Waals surface area contributed by atoms with Crippen LogP contribution >= 0.6 is 23.2 Å². The molecule has 2 rings (SSSR count). The number of nitrogens with one attached hydrogen (secondary N) is 1. The highest BCUT2D eigenvalue weighted by Gasteiger charge is 2.12. The highest BCUT2D eigenvalue weighted by molar-refractivity contribution is 6.32. The van der Waals surface area contributed by atoms with Gasteiger partial charge in [0, 0.05) is 11.1 Å². The van der Waals surface area contributed by atoms with E-state index in [2.05, 4.69) is 0 Å². The number of methoxy groups -OCH3 is 1. The number of carbonyl (C=O) groups is 1. The molecule has 7 heteroatoms. The van der Waals surface area contributed by atoms with Gasteiger partial charge in [-0.25, -0.2) is 5.84 Å². The van der Waals surface area contributed by atoms with E-state index in [4.69, 9.17) is 38.5 Å². The SMILES string of the molecule is COc1cc(/C=C/C(=O)NN)cc(Cl)c1OCc1ccc(Cl)cc1. The Morgan fingerprint density at radius 2 is 1.96 bits per heavy atom. The first-order valence-corrected chi connectivity index (χ1v) is 7.72. The minimum absolute atomic E-state index is 0.317. The Hall–Kier alpha value is -2.21. The fourth-order valence-electron chi connectivity index (χ4n) is 1.93. The number of hydrazine groups is 1. The van der Waals surface area contributed by atoms with Crippen LogP contribution < -0.4 is 20.7 Å². The van der Waals surface area contributed by atoms with Crippen LogP contribution in [0.1, 0.15) is 11.1 Å². The summed E-state index contributed by atoms with van der Waals surface area (Å²) in [5.41, 5.74) is 3.63. The molecule has 2 aromatic carbocycles. The van der Waals surface area contributed by atoms with Crippen molar-refractivity contribution in [1.82, 2.24) is 5.43 Å². The Balaban J connectivity index is 2.18. The molecule has 3 N–H and O–H groups in total. The number of hydrogen-bond acceptors (Lipinski definition) is 4. The van der Waals surface area contributed by atoms with Gasteiger partial charge in [0.25, 0.3) is 5.91 Å². The predicted octanol–water partition coefficient (Wildman–Crippen LogP) is 3.58. The summed E-state index contributed by atoms with van der Waals surface area (Å²) in [4.78, 5) is 11.2. The van der Waals surface area contributed by atoms with Crippen LogP contribution in [0, 0.1) is 0 Å². The first-order chi connectivity index (χ1) is 11.5. The second-order valence-corrected chi connectivity index (χ2v) is 5.63. The number of carbonyl (C=O) groups excluding carboxylic acids is 1. The van der Waals surface area contributed by atoms with Crippen molar-refractivity contribution < 1.29 is 14.3 Å². The smallest absolute Gasteiger partial charge is 0.257 e. The van der Waals surface area contributed by atoms with Gasteiger partial charge in [-0.1, -0.05) is 35.3 Å². The van der Waals surface area contributed by atoms with E-state index in [0.29, 0.717) is 33.7 Å². The van der Waals surface area contributed by atoms with Crippen molar-refractivity contribution in [3.8, 4) is 11.5 Å². The molecule has 5 nitrogen and oxygen atoms in total. The molecule has 0 aromatic heterocycles. The van der Waals surface area contributed by atoms with E-state index in [1.807, 2.05) is 17.6 Å². The third kappa shape index (κ3) is 4.89. The van der Waals surface area contributed by atoms with Gasteiger partial charge in [-0.2, -0.15) is 0 Å². The van der Waals surface area contributed by atoms with E-state index in [9.17, 15) is 4.79 Å². The quantitative estimate of drug-likeness (QED) is 0.354. The highest BCUT2D eigenvalue weighted by atomic mass is 35.5. The highest BCUT2D eigenvalue weighted by Crippen LogP contribution is 2.37. The average molecular weight is 367 g/mol. The number of amides is 1. The van der Waals surface area contributed by atoms with Crippen molar-refractivity contribution in [2.45, 2.75) is 6.61 Å². The van der Waals surface area contributed by atoms with E-state index in [1.165, 1.54) is 13.2 Å². The summed E-state index contributed by atoms with van der Waals surface area (Å²) < 4.78 is 11.1. The number of rotatable bonds is 6. The molecule has 0 saturated heterocycles. The molecule has 0 fully saturated rings. The van der Waals surface area contributed by atoms with E-state index < -0.39 is 5.91 Å². The molecule has 0 aliphatic heterocycles. The van der Waals surface area contributed by atoms with Gasteiger partial charge in [-0.05, 0) is 41.5 Å². The van der Waals surface area contributed by atoms with Gasteiger partial charge in [-0.3, -0.25) is 10.2 Å². The van der Waals surface area contributed by atoms with Crippen LogP contribution in [0.5, 0.6) is 11.5 Å². The number of hydrogen-bond donors (Lipinski definition) is 2. The van der Waals surface area contributed by atoms with Gasteiger partial charge in [-0.15, -0.1) is 0 Å². The van der Waals surface area contributed by atoms with Crippen molar-refractivity contribution in [3.05, 3.63) is 63.6 Å². The summed E-state index contributed by atoms with van der Waals surface area (Å²) in [6, 6.07) is 10.7. The number of nitrogens with two attached hydrogens (primary N) is 1. The molecule has 0 heterocycles. The van der Waals surface area contributed by atoms with Gasteiger partial charge in [0.2, 0.25) is 0 Å². The number of halogens is 2. The van der Waals surface area contributed by atoms with Crippen molar-refractivity contribution in [1.29, 1.82) is 0 Å². The standard InChI is InChI=1S/C17H16Cl2N2O3/c1-23-15-9-12(4-7-16(22)21-20)8-14(19)17(15)24-10-11-2-5-13(18)6-3-11/h2-9H,10,20H2,1H3,(H,21,22)/b7-4+. The molecule has 0 radical (unpaired) electrons. The molecular weight excluding hydrogens is 351 g/mol. The number of benzene rings is 2. The van der Waals surface area contributed by atoms with Crippen LogP contribution in [-0.2, 0) is 11.4 Å². The third-order valence-corrected chi connectivity index (χ3v) is 3.65. The van der Waals surface area contributed by atoms with Crippen molar-refractivity contribution in [2.75, 3.05) is 7.11 Å². The van der Waals surface area contributed by atoms with Crippen molar-refractivity contribution in [2.24, 2.45) is 5.84 Å². The zero-order valence-corrected chi connectivity index (χ0v) is 14.4. The Bertz CT molecular complexity index is 746. The molecule has 0 aliphatic carbocycles. The van der Waals surface area contributed by atoms with Crippen LogP contribution in [0.15, 0.2) is 42.5 Å². The minimum Gasteiger partial charge on any atom is -0.493 e. The van der Waals surface area contributed by atoms with Crippen LogP contribution in [0.3, 0.4) is 0 Å². The molecule has 0 aliphatic rings. The molecule has 0 saturated carbocycles. The van der Waals surface area contributed by atoms with E-state index in [0.717, 1.165) is 5.56 Å². The lowest BCUT2D eigenvalue weighted by Gasteiger charge is -2.13. The van der Waals surface area contributed by atoms with Crippen LogP contribution in [0.25, 0.3) is 6.08 Å². The maximum absolute atomic E-state index is 11.2. The van der Waals surface area contributed by atoms with Gasteiger partial charge in [0.1, 0.15) is 6.61 Å². The van der Waals surface area contributed by atoms with Crippen LogP contribution in [0.2, 0.25) is 10.0 Å². The molecule has 0 bridgehead atoms. The second-order valence-electron chi connectivity index (χ2n) is 4.79. The maximum atomic E-state index is 11.2. The lowest BCUT2D eigenvalue weighted by atomic mass is 10.2. The lowest BCUT2D eigenvalue weighted by molar-refractivity contribution is -0.116. The summed E-state index contributed by atoms with van der Waals surface area (Å²) in [5.74, 6) is 5.49. The lowest BCUT2D eigenvalue weighted by Crippen LogP contribution is -2.27. The maximum Gasteiger partial charge on any atom is 0.257 e. The first kappa shape index (κ1) is 18.1. The van der Waals surface area contributed by atoms with Crippen molar-refractivity contribution in [3.63, 3.8) is 0 Å². The van der Waals surface area contributed by atoms with Gasteiger partial charge in [0.05, 0.1) is 12.1 Å². The summed E-state index contributed by atoms with van der Waals surface area (Å²) >= 11 is 12.1. The minimum atomic E-state index is -0.423. The van der Waals surface area contributed by atoms with Crippen LogP contribution in [-0.4, -0.2) is 13.0 Å². The topological polar surface area (TPSA) is 73.6 Å². The molecule has 126 valence electrons. The van der Waals surface area contributed by atoms with Gasteiger partial charge in [0.15, 0.2) is 11.5 Å². The normalized spacial score (nSPS) is 10.7. The summed E-state index contributed by atoms with van der Waals surface area (Å²) in [6.45, 7) is 0.317. The second kappa shape index (κ2) is 8.59. The fourth-order valence-corrected chi connectivity index (χ4v) is 2.33. The largest absolute Gasteiger partial charge is 0.493 e. The molecular formula is C17H16Cl2N2O3. The first-order valence-electron chi connectivity index (χ1n) is 6.97. The molecule has 24 heavy (non-hydrogen) atoms.